The number of methoxy groups -OCH3 is 2. The fourth-order valence-electron chi connectivity index (χ4n) is 1.60. The summed E-state index contributed by atoms with van der Waals surface area (Å²) in [7, 11) is 5.23. The molecule has 0 aromatic rings. The molecule has 0 saturated heterocycles. The highest BCUT2D eigenvalue weighted by molar-refractivity contribution is 6.55. The monoisotopic (exact) mass is 472 g/mol. The normalized spacial score (nSPS) is 10.3. The Labute approximate surface area is 185 Å². The highest BCUT2D eigenvalue weighted by atomic mass is 28.3. The van der Waals surface area contributed by atoms with Crippen LogP contribution in [0.15, 0.2) is 0 Å². The van der Waals surface area contributed by atoms with Crippen LogP contribution < -0.4 is 0 Å². The Morgan fingerprint density at radius 3 is 0.857 bits per heavy atom. The molecule has 0 aromatic heterocycles. The van der Waals surface area contributed by atoms with Crippen molar-refractivity contribution < 1.29 is 18.3 Å². The van der Waals surface area contributed by atoms with Crippen LogP contribution in [0.2, 0.25) is 64.5 Å². The number of hydrogen-bond acceptors (Lipinski definition) is 4. The molecule has 0 atom stereocenters. The van der Waals surface area contributed by atoms with Crippen LogP contribution >= 0.6 is 0 Å². The molecular formula is C20H56O4Si4. The largest absolute Gasteiger partial charge is 0.424 e. The SMILES string of the molecule is COCCCC[SiH](C)C.COCCCC[SiH](C)C.CO[SiH](C)C.CO[SiH](C)C. The van der Waals surface area contributed by atoms with E-state index in [1.165, 1.54) is 37.8 Å². The quantitative estimate of drug-likeness (QED) is 0.295. The molecule has 0 saturated carbocycles. The van der Waals surface area contributed by atoms with E-state index in [1.807, 2.05) is 0 Å². The second kappa shape index (κ2) is 32.4. The van der Waals surface area contributed by atoms with E-state index in [1.54, 1.807) is 28.4 Å². The first-order chi connectivity index (χ1) is 13.1. The van der Waals surface area contributed by atoms with Crippen molar-refractivity contribution in [3.8, 4) is 0 Å². The van der Waals surface area contributed by atoms with Crippen molar-refractivity contribution in [3.63, 3.8) is 0 Å². The Kier molecular flexibility index (Phi) is 41.7. The molecule has 0 radical (unpaired) electrons. The maximum Gasteiger partial charge on any atom is 0.170 e. The van der Waals surface area contributed by atoms with E-state index >= 15 is 0 Å². The van der Waals surface area contributed by atoms with E-state index in [-0.39, 0.29) is 17.6 Å². The summed E-state index contributed by atoms with van der Waals surface area (Å²) in [5, 5.41) is 0. The molecule has 0 fully saturated rings. The zero-order valence-electron chi connectivity index (χ0n) is 21.6. The molecule has 0 bridgehead atoms. The van der Waals surface area contributed by atoms with Crippen molar-refractivity contribution >= 4 is 35.7 Å². The van der Waals surface area contributed by atoms with Crippen LogP contribution in [0, 0.1) is 0 Å². The zero-order valence-corrected chi connectivity index (χ0v) is 26.2. The van der Waals surface area contributed by atoms with Gasteiger partial charge in [-0.2, -0.15) is 0 Å². The van der Waals surface area contributed by atoms with Gasteiger partial charge in [-0.15, -0.1) is 0 Å². The Bertz CT molecular complexity index is 220. The first-order valence-electron chi connectivity index (χ1n) is 11.1. The van der Waals surface area contributed by atoms with Gasteiger partial charge in [0.2, 0.25) is 0 Å². The van der Waals surface area contributed by atoms with Crippen molar-refractivity contribution in [2.75, 3.05) is 41.7 Å². The second-order valence-electron chi connectivity index (χ2n) is 8.33. The molecular weight excluding hydrogens is 417 g/mol. The van der Waals surface area contributed by atoms with E-state index in [4.69, 9.17) is 18.3 Å². The summed E-state index contributed by atoms with van der Waals surface area (Å²) in [6, 6.07) is 2.95. The van der Waals surface area contributed by atoms with E-state index in [9.17, 15) is 0 Å². The highest BCUT2D eigenvalue weighted by Gasteiger charge is 1.94. The third kappa shape index (κ3) is 63.2. The Hall–Kier alpha value is 0.708. The average Bonchev–Trinajstić information content (AvgIpc) is 2.63. The van der Waals surface area contributed by atoms with Gasteiger partial charge in [-0.3, -0.25) is 0 Å². The van der Waals surface area contributed by atoms with Gasteiger partial charge >= 0.3 is 0 Å². The van der Waals surface area contributed by atoms with Gasteiger partial charge in [0, 0.05) is 59.2 Å². The number of rotatable bonds is 12. The smallest absolute Gasteiger partial charge is 0.170 e. The number of unbranched alkanes of at least 4 members (excludes halogenated alkanes) is 2. The van der Waals surface area contributed by atoms with E-state index < -0.39 is 18.1 Å². The second-order valence-corrected chi connectivity index (χ2v) is 20.2. The lowest BCUT2D eigenvalue weighted by Crippen LogP contribution is -2.00. The van der Waals surface area contributed by atoms with Crippen molar-refractivity contribution in [2.24, 2.45) is 0 Å². The van der Waals surface area contributed by atoms with Crippen LogP contribution in [0.4, 0.5) is 0 Å². The lowest BCUT2D eigenvalue weighted by atomic mass is 10.4. The first-order valence-corrected chi connectivity index (χ1v) is 22.9. The van der Waals surface area contributed by atoms with Crippen molar-refractivity contribution in [1.29, 1.82) is 0 Å². The minimum atomic E-state index is -0.650. The lowest BCUT2D eigenvalue weighted by molar-refractivity contribution is 0.194. The topological polar surface area (TPSA) is 36.9 Å². The van der Waals surface area contributed by atoms with Crippen LogP contribution in [-0.4, -0.2) is 77.3 Å². The van der Waals surface area contributed by atoms with Gasteiger partial charge in [-0.25, -0.2) is 0 Å². The minimum absolute atomic E-state index is 0.269. The van der Waals surface area contributed by atoms with Crippen LogP contribution in [0.5, 0.6) is 0 Å². The van der Waals surface area contributed by atoms with Crippen molar-refractivity contribution in [1.82, 2.24) is 0 Å². The third-order valence-electron chi connectivity index (χ3n) is 3.70. The molecule has 8 heteroatoms. The molecule has 4 nitrogen and oxygen atoms in total. The summed E-state index contributed by atoms with van der Waals surface area (Å²) >= 11 is 0. The van der Waals surface area contributed by atoms with Crippen LogP contribution in [0.3, 0.4) is 0 Å². The van der Waals surface area contributed by atoms with Gasteiger partial charge in [0.05, 0.1) is 0 Å². The molecule has 0 aliphatic heterocycles. The van der Waals surface area contributed by atoms with Crippen LogP contribution in [0.25, 0.3) is 0 Å². The Morgan fingerprint density at radius 1 is 0.464 bits per heavy atom. The molecule has 0 aromatic carbocycles. The van der Waals surface area contributed by atoms with Gasteiger partial charge in [-0.05, 0) is 39.0 Å². The van der Waals surface area contributed by atoms with E-state index in [2.05, 4.69) is 52.4 Å². The molecule has 0 amide bonds. The summed E-state index contributed by atoms with van der Waals surface area (Å²) in [4.78, 5) is 0. The van der Waals surface area contributed by atoms with Gasteiger partial charge in [0.15, 0.2) is 18.1 Å². The summed E-state index contributed by atoms with van der Waals surface area (Å²) in [6.07, 6.45) is 5.25. The number of hydrogen-bond donors (Lipinski definition) is 0. The van der Waals surface area contributed by atoms with Gasteiger partial charge < -0.3 is 18.3 Å². The third-order valence-corrected chi connectivity index (χ3v) is 8.71. The minimum Gasteiger partial charge on any atom is -0.424 e. The molecule has 0 aliphatic rings. The maximum absolute atomic E-state index is 4.94. The Morgan fingerprint density at radius 2 is 0.714 bits per heavy atom. The molecule has 0 unspecified atom stereocenters. The summed E-state index contributed by atoms with van der Waals surface area (Å²) < 4.78 is 19.7. The molecule has 0 heterocycles. The summed E-state index contributed by atoms with van der Waals surface area (Å²) in [6.45, 7) is 20.0. The average molecular weight is 473 g/mol. The fourth-order valence-corrected chi connectivity index (χ4v) is 3.81. The van der Waals surface area contributed by atoms with Crippen molar-refractivity contribution in [3.05, 3.63) is 0 Å². The molecule has 176 valence electrons. The zero-order chi connectivity index (χ0) is 22.8. The van der Waals surface area contributed by atoms with Gasteiger partial charge in [0.1, 0.15) is 0 Å². The van der Waals surface area contributed by atoms with Crippen LogP contribution in [-0.2, 0) is 18.3 Å². The predicted octanol–water partition coefficient (Wildman–Crippen LogP) is 5.03. The predicted molar refractivity (Wildman–Crippen MR) is 141 cm³/mol. The van der Waals surface area contributed by atoms with E-state index in [0.29, 0.717) is 0 Å². The molecule has 0 spiro atoms. The maximum atomic E-state index is 4.94. The number of ether oxygens (including phenoxy) is 2. The lowest BCUT2D eigenvalue weighted by Gasteiger charge is -2.00. The van der Waals surface area contributed by atoms with Gasteiger partial charge in [-0.1, -0.05) is 51.1 Å². The summed E-state index contributed by atoms with van der Waals surface area (Å²) in [5.74, 6) is 0. The molecule has 0 aliphatic carbocycles. The molecule has 0 rings (SSSR count). The standard InChI is InChI=1S/2C7H18OSi.2C3H10OSi/c2*1-8-6-4-5-7-9(2)3;2*1-4-5(2)3/h2*9H,4-7H2,1-3H3;2*5H,1-3H3. The summed E-state index contributed by atoms with van der Waals surface area (Å²) in [5.41, 5.74) is 0. The van der Waals surface area contributed by atoms with Crippen LogP contribution in [0.1, 0.15) is 25.7 Å². The molecule has 28 heavy (non-hydrogen) atoms. The first kappa shape index (κ1) is 36.1. The van der Waals surface area contributed by atoms with Crippen molar-refractivity contribution in [2.45, 2.75) is 90.1 Å². The molecule has 0 N–H and O–H groups in total. The van der Waals surface area contributed by atoms with E-state index in [0.717, 1.165) is 13.2 Å². The highest BCUT2D eigenvalue weighted by Crippen LogP contribution is 2.00. The Balaban J connectivity index is -0.000000143. The fraction of sp³-hybridized carbons (Fsp3) is 1.00. The van der Waals surface area contributed by atoms with Gasteiger partial charge in [0.25, 0.3) is 0 Å².